The number of benzene rings is 1. The standard InChI is InChI=1S/C17H20N6O/c1-21-15(6-7-18-21)13-4-3-5-14(12-13)16-19-17(22(2)20-16)23-8-10-24-11-9-23/h3-7,12H,8-11H2,1-2H3. The van der Waals surface area contributed by atoms with E-state index in [1.54, 1.807) is 6.20 Å². The van der Waals surface area contributed by atoms with E-state index in [1.807, 2.05) is 41.7 Å². The molecule has 3 aromatic rings. The lowest BCUT2D eigenvalue weighted by Gasteiger charge is -2.26. The third-order valence-corrected chi connectivity index (χ3v) is 4.27. The van der Waals surface area contributed by atoms with Crippen molar-refractivity contribution >= 4 is 5.95 Å². The van der Waals surface area contributed by atoms with Crippen LogP contribution in [-0.2, 0) is 18.8 Å². The molecule has 4 rings (SSSR count). The van der Waals surface area contributed by atoms with Crippen molar-refractivity contribution < 1.29 is 4.74 Å². The minimum atomic E-state index is 0.734. The van der Waals surface area contributed by atoms with E-state index >= 15 is 0 Å². The second-order valence-corrected chi connectivity index (χ2v) is 5.88. The predicted molar refractivity (Wildman–Crippen MR) is 91.7 cm³/mol. The van der Waals surface area contributed by atoms with Gasteiger partial charge >= 0.3 is 0 Å². The van der Waals surface area contributed by atoms with Crippen LogP contribution in [-0.4, -0.2) is 50.8 Å². The molecular weight excluding hydrogens is 304 g/mol. The second kappa shape index (κ2) is 6.09. The van der Waals surface area contributed by atoms with Gasteiger partial charge in [-0.1, -0.05) is 18.2 Å². The van der Waals surface area contributed by atoms with Crippen molar-refractivity contribution in [2.75, 3.05) is 31.2 Å². The summed E-state index contributed by atoms with van der Waals surface area (Å²) in [7, 11) is 3.88. The van der Waals surface area contributed by atoms with E-state index in [9.17, 15) is 0 Å². The average Bonchev–Trinajstić information content (AvgIpc) is 3.22. The fourth-order valence-corrected chi connectivity index (χ4v) is 3.01. The van der Waals surface area contributed by atoms with Crippen LogP contribution in [0.2, 0.25) is 0 Å². The maximum atomic E-state index is 5.41. The van der Waals surface area contributed by atoms with Crippen molar-refractivity contribution in [3.63, 3.8) is 0 Å². The molecule has 7 heteroatoms. The topological polar surface area (TPSA) is 61.0 Å². The van der Waals surface area contributed by atoms with Gasteiger partial charge in [-0.15, -0.1) is 5.10 Å². The minimum Gasteiger partial charge on any atom is -0.378 e. The molecular formula is C17H20N6O. The molecule has 0 amide bonds. The van der Waals surface area contributed by atoms with Crippen molar-refractivity contribution in [1.29, 1.82) is 0 Å². The van der Waals surface area contributed by atoms with E-state index in [2.05, 4.69) is 27.2 Å². The molecule has 0 bridgehead atoms. The molecule has 0 N–H and O–H groups in total. The lowest BCUT2D eigenvalue weighted by atomic mass is 10.1. The molecule has 1 saturated heterocycles. The summed E-state index contributed by atoms with van der Waals surface area (Å²) in [5.74, 6) is 1.63. The molecule has 124 valence electrons. The van der Waals surface area contributed by atoms with E-state index in [4.69, 9.17) is 9.72 Å². The first-order chi connectivity index (χ1) is 11.7. The molecule has 3 heterocycles. The van der Waals surface area contributed by atoms with Crippen molar-refractivity contribution in [3.05, 3.63) is 36.5 Å². The van der Waals surface area contributed by atoms with Gasteiger partial charge in [-0.2, -0.15) is 10.1 Å². The number of aromatic nitrogens is 5. The Kier molecular flexibility index (Phi) is 3.78. The van der Waals surface area contributed by atoms with Gasteiger partial charge in [0.2, 0.25) is 5.95 Å². The Morgan fingerprint density at radius 2 is 1.79 bits per heavy atom. The van der Waals surface area contributed by atoms with Crippen LogP contribution in [0, 0.1) is 0 Å². The fraction of sp³-hybridized carbons (Fsp3) is 0.353. The number of morpholine rings is 1. The second-order valence-electron chi connectivity index (χ2n) is 5.88. The zero-order chi connectivity index (χ0) is 16.5. The van der Waals surface area contributed by atoms with Gasteiger partial charge in [-0.3, -0.25) is 4.68 Å². The normalized spacial score (nSPS) is 15.0. The van der Waals surface area contributed by atoms with Crippen LogP contribution < -0.4 is 4.90 Å². The SMILES string of the molecule is Cn1nccc1-c1cccc(-c2nc(N3CCOCC3)n(C)n2)c1. The monoisotopic (exact) mass is 324 g/mol. The molecule has 1 aliphatic rings. The van der Waals surface area contributed by atoms with E-state index in [1.165, 1.54) is 0 Å². The summed E-state index contributed by atoms with van der Waals surface area (Å²) < 4.78 is 9.12. The predicted octanol–water partition coefficient (Wildman–Crippen LogP) is 1.72. The summed E-state index contributed by atoms with van der Waals surface area (Å²) in [6.07, 6.45) is 1.80. The Labute approximate surface area is 140 Å². The average molecular weight is 324 g/mol. The van der Waals surface area contributed by atoms with Crippen LogP contribution in [0.3, 0.4) is 0 Å². The summed E-state index contributed by atoms with van der Waals surface area (Å²) >= 11 is 0. The van der Waals surface area contributed by atoms with Crippen molar-refractivity contribution in [1.82, 2.24) is 24.5 Å². The molecule has 0 saturated carbocycles. The van der Waals surface area contributed by atoms with Gasteiger partial charge in [0, 0.05) is 44.5 Å². The number of hydrogen-bond donors (Lipinski definition) is 0. The van der Waals surface area contributed by atoms with Gasteiger partial charge in [-0.05, 0) is 12.1 Å². The van der Waals surface area contributed by atoms with E-state index in [0.717, 1.165) is 54.9 Å². The van der Waals surface area contributed by atoms with E-state index < -0.39 is 0 Å². The molecule has 0 radical (unpaired) electrons. The Bertz CT molecular complexity index is 846. The van der Waals surface area contributed by atoms with Gasteiger partial charge in [0.25, 0.3) is 0 Å². The number of nitrogens with zero attached hydrogens (tertiary/aromatic N) is 6. The van der Waals surface area contributed by atoms with E-state index in [0.29, 0.717) is 0 Å². The first-order valence-corrected chi connectivity index (χ1v) is 8.05. The first-order valence-electron chi connectivity index (χ1n) is 8.05. The smallest absolute Gasteiger partial charge is 0.224 e. The number of rotatable bonds is 3. The molecule has 0 spiro atoms. The Morgan fingerprint density at radius 1 is 1.00 bits per heavy atom. The minimum absolute atomic E-state index is 0.734. The number of anilines is 1. The van der Waals surface area contributed by atoms with Crippen molar-refractivity contribution in [2.45, 2.75) is 0 Å². The highest BCUT2D eigenvalue weighted by molar-refractivity contribution is 5.68. The summed E-state index contributed by atoms with van der Waals surface area (Å²) in [4.78, 5) is 6.96. The Balaban J connectivity index is 1.68. The van der Waals surface area contributed by atoms with Crippen LogP contribution in [0.1, 0.15) is 0 Å². The lowest BCUT2D eigenvalue weighted by molar-refractivity contribution is 0.121. The summed E-state index contributed by atoms with van der Waals surface area (Å²) in [6, 6.07) is 10.3. The fourth-order valence-electron chi connectivity index (χ4n) is 3.01. The zero-order valence-electron chi connectivity index (χ0n) is 13.9. The molecule has 1 aliphatic heterocycles. The highest BCUT2D eigenvalue weighted by Crippen LogP contribution is 2.25. The van der Waals surface area contributed by atoms with Gasteiger partial charge < -0.3 is 9.64 Å². The molecule has 7 nitrogen and oxygen atoms in total. The molecule has 2 aromatic heterocycles. The highest BCUT2D eigenvalue weighted by atomic mass is 16.5. The van der Waals surface area contributed by atoms with Crippen LogP contribution in [0.5, 0.6) is 0 Å². The Morgan fingerprint density at radius 3 is 2.54 bits per heavy atom. The summed E-state index contributed by atoms with van der Waals surface area (Å²) in [6.45, 7) is 3.17. The van der Waals surface area contributed by atoms with Crippen LogP contribution in [0.25, 0.3) is 22.6 Å². The quantitative estimate of drug-likeness (QED) is 0.734. The molecule has 1 aromatic carbocycles. The molecule has 0 atom stereocenters. The first kappa shape index (κ1) is 14.9. The highest BCUT2D eigenvalue weighted by Gasteiger charge is 2.18. The molecule has 0 unspecified atom stereocenters. The van der Waals surface area contributed by atoms with E-state index in [-0.39, 0.29) is 0 Å². The number of aryl methyl sites for hydroxylation is 2. The van der Waals surface area contributed by atoms with Crippen LogP contribution in [0.15, 0.2) is 36.5 Å². The van der Waals surface area contributed by atoms with Gasteiger partial charge in [0.1, 0.15) is 0 Å². The maximum Gasteiger partial charge on any atom is 0.224 e. The van der Waals surface area contributed by atoms with Gasteiger partial charge in [-0.25, -0.2) is 4.68 Å². The molecule has 24 heavy (non-hydrogen) atoms. The van der Waals surface area contributed by atoms with Crippen molar-refractivity contribution in [2.24, 2.45) is 14.1 Å². The number of hydrogen-bond acceptors (Lipinski definition) is 5. The summed E-state index contributed by atoms with van der Waals surface area (Å²) in [5.41, 5.74) is 3.18. The maximum absolute atomic E-state index is 5.41. The summed E-state index contributed by atoms with van der Waals surface area (Å²) in [5, 5.41) is 8.84. The number of ether oxygens (including phenoxy) is 1. The van der Waals surface area contributed by atoms with Crippen LogP contribution in [0.4, 0.5) is 5.95 Å². The van der Waals surface area contributed by atoms with Crippen LogP contribution >= 0.6 is 0 Å². The third kappa shape index (κ3) is 2.67. The zero-order valence-corrected chi connectivity index (χ0v) is 13.9. The van der Waals surface area contributed by atoms with Gasteiger partial charge in [0.15, 0.2) is 5.82 Å². The van der Waals surface area contributed by atoms with Crippen molar-refractivity contribution in [3.8, 4) is 22.6 Å². The third-order valence-electron chi connectivity index (χ3n) is 4.27. The lowest BCUT2D eigenvalue weighted by Crippen LogP contribution is -2.37. The Hall–Kier alpha value is -2.67. The van der Waals surface area contributed by atoms with Gasteiger partial charge in [0.05, 0.1) is 18.9 Å². The largest absolute Gasteiger partial charge is 0.378 e. The molecule has 1 fully saturated rings. The molecule has 0 aliphatic carbocycles.